The van der Waals surface area contributed by atoms with Crippen molar-refractivity contribution < 1.29 is 14.3 Å². The van der Waals surface area contributed by atoms with Crippen LogP contribution in [-0.4, -0.2) is 60.6 Å². The first-order chi connectivity index (χ1) is 24.0. The summed E-state index contributed by atoms with van der Waals surface area (Å²) in [7, 11) is 3.48. The van der Waals surface area contributed by atoms with Gasteiger partial charge in [-0.25, -0.2) is 0 Å². The van der Waals surface area contributed by atoms with E-state index in [2.05, 4.69) is 26.5 Å². The van der Waals surface area contributed by atoms with Gasteiger partial charge >= 0.3 is 0 Å². The van der Waals surface area contributed by atoms with Gasteiger partial charge in [0.1, 0.15) is 11.8 Å². The number of hydrogen-bond acceptors (Lipinski definition) is 7. The van der Waals surface area contributed by atoms with Crippen LogP contribution in [0.25, 0.3) is 11.1 Å². The van der Waals surface area contributed by atoms with Crippen molar-refractivity contribution in [3.8, 4) is 16.9 Å². The number of piperidine rings is 3. The van der Waals surface area contributed by atoms with Crippen molar-refractivity contribution >= 4 is 46.4 Å². The Labute approximate surface area is 305 Å². The van der Waals surface area contributed by atoms with Gasteiger partial charge in [-0.3, -0.25) is 24.6 Å². The van der Waals surface area contributed by atoms with Crippen LogP contribution in [0.15, 0.2) is 41.3 Å². The number of rotatable bonds is 10. The molecule has 2 aromatic carbocycles. The number of imide groups is 1. The number of hydrogen-bond donors (Lipinski definition) is 2. The van der Waals surface area contributed by atoms with Crippen LogP contribution in [0.3, 0.4) is 0 Å². The third-order valence-electron chi connectivity index (χ3n) is 11.2. The van der Waals surface area contributed by atoms with E-state index in [4.69, 9.17) is 27.9 Å². The number of methoxy groups -OCH3 is 1. The molecule has 2 N–H and O–H groups in total. The average Bonchev–Trinajstić information content (AvgIpc) is 3.11. The zero-order valence-corrected chi connectivity index (χ0v) is 31.1. The summed E-state index contributed by atoms with van der Waals surface area (Å²) < 4.78 is 7.47. The highest BCUT2D eigenvalue weighted by Gasteiger charge is 2.28. The molecule has 1 atom stereocenters. The van der Waals surface area contributed by atoms with Gasteiger partial charge in [0.25, 0.3) is 5.56 Å². The lowest BCUT2D eigenvalue weighted by molar-refractivity contribution is -0.133. The quantitative estimate of drug-likeness (QED) is 0.216. The number of nitrogens with zero attached hydrogens (tertiary/aromatic N) is 3. The molecule has 3 saturated heterocycles. The molecule has 9 nitrogen and oxygen atoms in total. The van der Waals surface area contributed by atoms with Crippen LogP contribution in [0.4, 0.5) is 11.4 Å². The highest BCUT2D eigenvalue weighted by molar-refractivity contribution is 6.33. The largest absolute Gasteiger partial charge is 0.496 e. The molecule has 4 heterocycles. The Morgan fingerprint density at radius 3 is 2.20 bits per heavy atom. The van der Waals surface area contributed by atoms with E-state index < -0.39 is 6.04 Å². The monoisotopic (exact) mass is 721 g/mol. The van der Waals surface area contributed by atoms with Crippen molar-refractivity contribution in [2.45, 2.75) is 77.8 Å². The number of carbonyl (C=O) groups excluding carboxylic acids is 2. The van der Waals surface area contributed by atoms with E-state index in [-0.39, 0.29) is 17.4 Å². The summed E-state index contributed by atoms with van der Waals surface area (Å²) in [5.74, 6) is 1.76. The molecule has 3 aliphatic heterocycles. The van der Waals surface area contributed by atoms with Gasteiger partial charge in [-0.1, -0.05) is 36.0 Å². The van der Waals surface area contributed by atoms with E-state index in [1.165, 1.54) is 25.7 Å². The third kappa shape index (κ3) is 8.16. The number of amides is 2. The van der Waals surface area contributed by atoms with Crippen molar-refractivity contribution in [2.75, 3.05) is 43.5 Å². The first-order valence-electron chi connectivity index (χ1n) is 17.9. The predicted molar refractivity (Wildman–Crippen MR) is 202 cm³/mol. The van der Waals surface area contributed by atoms with Crippen LogP contribution >= 0.6 is 23.2 Å². The number of aryl methyl sites for hydroxylation is 1. The topological polar surface area (TPSA) is 95.9 Å². The summed E-state index contributed by atoms with van der Waals surface area (Å²) in [5.41, 5.74) is 6.51. The van der Waals surface area contributed by atoms with Gasteiger partial charge in [-0.05, 0) is 112 Å². The predicted octanol–water partition coefficient (Wildman–Crippen LogP) is 7.11. The Morgan fingerprint density at radius 2 is 1.56 bits per heavy atom. The minimum atomic E-state index is -0.425. The van der Waals surface area contributed by atoms with E-state index in [1.54, 1.807) is 18.7 Å². The number of halogens is 2. The van der Waals surface area contributed by atoms with Gasteiger partial charge < -0.3 is 19.5 Å². The van der Waals surface area contributed by atoms with Crippen LogP contribution in [0.1, 0.15) is 68.1 Å². The lowest BCUT2D eigenvalue weighted by Gasteiger charge is -2.36. The zero-order chi connectivity index (χ0) is 35.5. The summed E-state index contributed by atoms with van der Waals surface area (Å²) in [6.45, 7) is 8.70. The second-order valence-electron chi connectivity index (χ2n) is 14.4. The molecule has 0 bridgehead atoms. The van der Waals surface area contributed by atoms with Crippen LogP contribution in [0, 0.1) is 25.7 Å². The maximum Gasteiger partial charge on any atom is 0.253 e. The Hall–Kier alpha value is -3.53. The molecular formula is C39H49Cl2N5O4. The van der Waals surface area contributed by atoms with E-state index in [0.29, 0.717) is 22.9 Å². The van der Waals surface area contributed by atoms with Crippen molar-refractivity contribution in [3.05, 3.63) is 73.6 Å². The van der Waals surface area contributed by atoms with Crippen molar-refractivity contribution in [3.63, 3.8) is 0 Å². The molecule has 3 aromatic rings. The molecule has 268 valence electrons. The average molecular weight is 723 g/mol. The minimum Gasteiger partial charge on any atom is -0.496 e. The first kappa shape index (κ1) is 36.3. The van der Waals surface area contributed by atoms with E-state index >= 15 is 0 Å². The maximum atomic E-state index is 12.4. The SMILES string of the molecule is COc1cc(-c2cn(C)c(=O)c(C)c2C)cc(Cl)c1CN1CCC(CCC2CCN(c3ccc(NC4CCC(=O)NC4=O)cc3Cl)CC2)CC1. The second-order valence-corrected chi connectivity index (χ2v) is 15.2. The molecule has 0 saturated carbocycles. The standard InChI is InChI=1S/C39H49Cl2N5O4/c1-24-25(2)39(49)44(3)22-30(24)28-19-32(40)31(36(20-28)50-4)23-45-15-11-26(12-16-45)5-6-27-13-17-46(18-14-27)35-9-7-29(21-33(35)41)42-34-8-10-37(47)43-38(34)48/h7,9,19-22,26-27,34,42H,5-6,8,10-18,23H2,1-4H3,(H,43,47,48). The van der Waals surface area contributed by atoms with Crippen LogP contribution < -0.4 is 25.8 Å². The zero-order valence-electron chi connectivity index (χ0n) is 29.6. The second kappa shape index (κ2) is 15.8. The smallest absolute Gasteiger partial charge is 0.253 e. The molecule has 11 heteroatoms. The maximum absolute atomic E-state index is 12.4. The summed E-state index contributed by atoms with van der Waals surface area (Å²) in [4.78, 5) is 40.9. The number of ether oxygens (including phenoxy) is 1. The molecular weight excluding hydrogens is 673 g/mol. The van der Waals surface area contributed by atoms with Crippen molar-refractivity contribution in [2.24, 2.45) is 18.9 Å². The summed E-state index contributed by atoms with van der Waals surface area (Å²) in [6.07, 6.45) is 9.97. The first-order valence-corrected chi connectivity index (χ1v) is 18.7. The molecule has 0 radical (unpaired) electrons. The van der Waals surface area contributed by atoms with Gasteiger partial charge in [0.2, 0.25) is 11.8 Å². The van der Waals surface area contributed by atoms with Gasteiger partial charge in [-0.15, -0.1) is 0 Å². The normalized spacial score (nSPS) is 19.5. The van der Waals surface area contributed by atoms with Gasteiger partial charge in [0.15, 0.2) is 0 Å². The number of pyridine rings is 1. The molecule has 0 spiro atoms. The van der Waals surface area contributed by atoms with Gasteiger partial charge in [-0.2, -0.15) is 0 Å². The highest BCUT2D eigenvalue weighted by atomic mass is 35.5. The molecule has 3 fully saturated rings. The molecule has 50 heavy (non-hydrogen) atoms. The minimum absolute atomic E-state index is 0.0161. The molecule has 3 aliphatic rings. The van der Waals surface area contributed by atoms with E-state index in [9.17, 15) is 14.4 Å². The van der Waals surface area contributed by atoms with Crippen molar-refractivity contribution in [1.82, 2.24) is 14.8 Å². The number of anilines is 2. The Kier molecular flexibility index (Phi) is 11.5. The molecule has 1 unspecified atom stereocenters. The fourth-order valence-corrected chi connectivity index (χ4v) is 8.42. The van der Waals surface area contributed by atoms with Crippen LogP contribution in [0.5, 0.6) is 5.75 Å². The number of carbonyl (C=O) groups is 2. The number of aromatic nitrogens is 1. The summed E-state index contributed by atoms with van der Waals surface area (Å²) >= 11 is 13.6. The molecule has 1 aromatic heterocycles. The summed E-state index contributed by atoms with van der Waals surface area (Å²) in [6, 6.07) is 9.53. The highest BCUT2D eigenvalue weighted by Crippen LogP contribution is 2.38. The Bertz CT molecular complexity index is 1790. The Morgan fingerprint density at radius 1 is 0.880 bits per heavy atom. The lowest BCUT2D eigenvalue weighted by Crippen LogP contribution is -2.47. The van der Waals surface area contributed by atoms with Crippen molar-refractivity contribution in [1.29, 1.82) is 0 Å². The number of likely N-dealkylation sites (tertiary alicyclic amines) is 1. The fourth-order valence-electron chi connectivity index (χ4n) is 7.85. The van der Waals surface area contributed by atoms with Gasteiger partial charge in [0, 0.05) is 66.7 Å². The van der Waals surface area contributed by atoms with E-state index in [1.807, 2.05) is 44.3 Å². The lowest BCUT2D eigenvalue weighted by atomic mass is 9.85. The Balaban J connectivity index is 0.957. The molecule has 2 amide bonds. The summed E-state index contributed by atoms with van der Waals surface area (Å²) in [5, 5.41) is 6.98. The number of benzene rings is 2. The third-order valence-corrected chi connectivity index (χ3v) is 11.8. The van der Waals surface area contributed by atoms with Gasteiger partial charge in [0.05, 0.1) is 17.8 Å². The fraction of sp³-hybridized carbons (Fsp3) is 0.513. The van der Waals surface area contributed by atoms with E-state index in [0.717, 1.165) is 102 Å². The van der Waals surface area contributed by atoms with Crippen LogP contribution in [0.2, 0.25) is 10.0 Å². The molecule has 6 rings (SSSR count). The van der Waals surface area contributed by atoms with Crippen LogP contribution in [-0.2, 0) is 23.2 Å². The molecule has 0 aliphatic carbocycles. The number of nitrogens with one attached hydrogen (secondary N) is 2.